The number of morpholine rings is 1. The fourth-order valence-corrected chi connectivity index (χ4v) is 5.22. The Morgan fingerprint density at radius 3 is 2.77 bits per heavy atom. The number of rotatable bonds is 6. The van der Waals surface area contributed by atoms with Crippen molar-refractivity contribution < 1.29 is 19.1 Å². The smallest absolute Gasteiger partial charge is 0.234 e. The van der Waals surface area contributed by atoms with Crippen LogP contribution in [0, 0.1) is 11.8 Å². The van der Waals surface area contributed by atoms with E-state index < -0.39 is 17.4 Å². The molecule has 8 heteroatoms. The van der Waals surface area contributed by atoms with Crippen molar-refractivity contribution in [3.05, 3.63) is 41.4 Å². The van der Waals surface area contributed by atoms with Crippen molar-refractivity contribution in [1.29, 1.82) is 0 Å². The zero-order valence-corrected chi connectivity index (χ0v) is 17.5. The minimum Gasteiger partial charge on any atom is -0.379 e. The number of benzene rings is 1. The van der Waals surface area contributed by atoms with E-state index in [-0.39, 0.29) is 17.9 Å². The van der Waals surface area contributed by atoms with Gasteiger partial charge >= 0.3 is 0 Å². The van der Waals surface area contributed by atoms with Gasteiger partial charge in [0.05, 0.1) is 37.7 Å². The van der Waals surface area contributed by atoms with Gasteiger partial charge in [-0.25, -0.2) is 0 Å². The molecule has 160 valence electrons. The zero-order valence-electron chi connectivity index (χ0n) is 16.8. The molecule has 4 unspecified atom stereocenters. The van der Waals surface area contributed by atoms with Crippen molar-refractivity contribution in [2.45, 2.75) is 18.1 Å². The number of anilines is 1. The maximum absolute atomic E-state index is 13.3. The van der Waals surface area contributed by atoms with E-state index in [1.807, 2.05) is 24.3 Å². The predicted molar refractivity (Wildman–Crippen MR) is 112 cm³/mol. The Labute approximate surface area is 180 Å². The van der Waals surface area contributed by atoms with Crippen LogP contribution in [-0.4, -0.2) is 74.4 Å². The highest BCUT2D eigenvalue weighted by molar-refractivity contribution is 6.30. The first kappa shape index (κ1) is 20.0. The number of nitrogens with one attached hydrogen (secondary N) is 1. The molecule has 30 heavy (non-hydrogen) atoms. The molecule has 4 aliphatic rings. The molecule has 5 rings (SSSR count). The average molecular weight is 432 g/mol. The molecule has 1 aromatic carbocycles. The highest BCUT2D eigenvalue weighted by atomic mass is 35.5. The van der Waals surface area contributed by atoms with Crippen LogP contribution in [0.25, 0.3) is 0 Å². The lowest BCUT2D eigenvalue weighted by Crippen LogP contribution is -2.45. The second kappa shape index (κ2) is 7.96. The van der Waals surface area contributed by atoms with E-state index in [2.05, 4.69) is 10.2 Å². The van der Waals surface area contributed by atoms with E-state index in [9.17, 15) is 9.59 Å². The van der Waals surface area contributed by atoms with Crippen LogP contribution in [-0.2, 0) is 19.1 Å². The summed E-state index contributed by atoms with van der Waals surface area (Å²) in [6.45, 7) is 5.38. The lowest BCUT2D eigenvalue weighted by atomic mass is 9.77. The Morgan fingerprint density at radius 2 is 2.00 bits per heavy atom. The predicted octanol–water partition coefficient (Wildman–Crippen LogP) is 1.46. The van der Waals surface area contributed by atoms with Crippen LogP contribution in [0.5, 0.6) is 0 Å². The molecule has 0 saturated carbocycles. The number of halogens is 1. The number of ether oxygens (including phenoxy) is 2. The molecule has 1 spiro atoms. The van der Waals surface area contributed by atoms with Gasteiger partial charge in [-0.05, 0) is 37.2 Å². The van der Waals surface area contributed by atoms with Crippen LogP contribution in [0.4, 0.5) is 5.69 Å². The first-order valence-electron chi connectivity index (χ1n) is 10.6. The molecule has 1 N–H and O–H groups in total. The third-order valence-electron chi connectivity index (χ3n) is 6.60. The van der Waals surface area contributed by atoms with E-state index in [4.69, 9.17) is 21.1 Å². The molecule has 4 atom stereocenters. The number of nitrogens with zero attached hydrogens (tertiary/aromatic N) is 2. The van der Waals surface area contributed by atoms with Crippen LogP contribution >= 0.6 is 11.6 Å². The summed E-state index contributed by atoms with van der Waals surface area (Å²) in [5.41, 5.74) is 0.0651. The van der Waals surface area contributed by atoms with Crippen LogP contribution in [0.15, 0.2) is 36.4 Å². The van der Waals surface area contributed by atoms with Crippen molar-refractivity contribution in [3.8, 4) is 0 Å². The van der Waals surface area contributed by atoms with Gasteiger partial charge in [-0.15, -0.1) is 0 Å². The molecule has 3 fully saturated rings. The van der Waals surface area contributed by atoms with E-state index in [1.165, 1.54) is 0 Å². The molecule has 2 bridgehead atoms. The SMILES string of the molecule is O=C(NCCCN1CCOCC1)C1C2C=CC3(CN(c4ccc(Cl)cc4)C(=O)C13)O2. The summed E-state index contributed by atoms with van der Waals surface area (Å²) in [7, 11) is 0. The minimum atomic E-state index is -0.711. The normalized spacial score (nSPS) is 32.6. The molecule has 2 amide bonds. The monoisotopic (exact) mass is 431 g/mol. The first-order valence-corrected chi connectivity index (χ1v) is 11.0. The van der Waals surface area contributed by atoms with E-state index in [0.717, 1.165) is 45.0 Å². The van der Waals surface area contributed by atoms with E-state index in [0.29, 0.717) is 18.1 Å². The average Bonchev–Trinajstić information content (AvgIpc) is 3.41. The van der Waals surface area contributed by atoms with Gasteiger partial charge in [0.15, 0.2) is 0 Å². The molecule has 0 radical (unpaired) electrons. The fraction of sp³-hybridized carbons (Fsp3) is 0.545. The molecular formula is C22H26ClN3O4. The summed E-state index contributed by atoms with van der Waals surface area (Å²) in [5, 5.41) is 3.66. The quantitative estimate of drug-likeness (QED) is 0.545. The van der Waals surface area contributed by atoms with Crippen LogP contribution < -0.4 is 10.2 Å². The zero-order chi connectivity index (χ0) is 20.7. The third-order valence-corrected chi connectivity index (χ3v) is 6.85. The van der Waals surface area contributed by atoms with Crippen molar-refractivity contribution in [1.82, 2.24) is 10.2 Å². The summed E-state index contributed by atoms with van der Waals surface area (Å²) in [5.74, 6) is -1.12. The summed E-state index contributed by atoms with van der Waals surface area (Å²) in [6.07, 6.45) is 4.46. The molecule has 0 aromatic heterocycles. The summed E-state index contributed by atoms with van der Waals surface area (Å²) >= 11 is 5.99. The van der Waals surface area contributed by atoms with Crippen LogP contribution in [0.2, 0.25) is 5.02 Å². The summed E-state index contributed by atoms with van der Waals surface area (Å²) in [4.78, 5) is 30.4. The Balaban J connectivity index is 1.23. The van der Waals surface area contributed by atoms with Crippen molar-refractivity contribution >= 4 is 29.1 Å². The second-order valence-electron chi connectivity index (χ2n) is 8.40. The topological polar surface area (TPSA) is 71.1 Å². The van der Waals surface area contributed by atoms with Crippen LogP contribution in [0.1, 0.15) is 6.42 Å². The molecule has 1 aromatic rings. The Kier molecular flexibility index (Phi) is 5.31. The number of hydrogen-bond donors (Lipinski definition) is 1. The highest BCUT2D eigenvalue weighted by Gasteiger charge is 2.67. The van der Waals surface area contributed by atoms with Crippen molar-refractivity contribution in [2.24, 2.45) is 11.8 Å². The molecule has 7 nitrogen and oxygen atoms in total. The van der Waals surface area contributed by atoms with Gasteiger partial charge in [-0.3, -0.25) is 14.5 Å². The van der Waals surface area contributed by atoms with Crippen LogP contribution in [0.3, 0.4) is 0 Å². The molecule has 4 aliphatic heterocycles. The third kappa shape index (κ3) is 3.43. The summed E-state index contributed by atoms with van der Waals surface area (Å²) < 4.78 is 11.5. The lowest BCUT2D eigenvalue weighted by molar-refractivity contribution is -0.131. The standard InChI is InChI=1S/C22H26ClN3O4/c23-15-2-4-16(5-3-15)26-14-22-7-6-17(30-22)18(19(22)21(26)28)20(27)24-8-1-9-25-10-12-29-13-11-25/h2-7,17-19H,1,8-14H2,(H,24,27). The molecule has 3 saturated heterocycles. The van der Waals surface area contributed by atoms with Crippen molar-refractivity contribution in [2.75, 3.05) is 50.8 Å². The van der Waals surface area contributed by atoms with Gasteiger partial charge in [-0.2, -0.15) is 0 Å². The van der Waals surface area contributed by atoms with Crippen molar-refractivity contribution in [3.63, 3.8) is 0 Å². The Bertz CT molecular complexity index is 854. The highest BCUT2D eigenvalue weighted by Crippen LogP contribution is 2.52. The number of carbonyl (C=O) groups excluding carboxylic acids is 2. The lowest BCUT2D eigenvalue weighted by Gasteiger charge is -2.27. The molecular weight excluding hydrogens is 406 g/mol. The minimum absolute atomic E-state index is 0.0577. The van der Waals surface area contributed by atoms with Gasteiger partial charge in [0.25, 0.3) is 0 Å². The number of carbonyl (C=O) groups is 2. The van der Waals surface area contributed by atoms with Gasteiger partial charge in [0.1, 0.15) is 5.60 Å². The second-order valence-corrected chi connectivity index (χ2v) is 8.84. The van der Waals surface area contributed by atoms with E-state index in [1.54, 1.807) is 17.0 Å². The first-order chi connectivity index (χ1) is 14.6. The molecule has 0 aliphatic carbocycles. The molecule has 4 heterocycles. The number of fused-ring (bicyclic) bond motifs is 1. The number of amides is 2. The number of hydrogen-bond acceptors (Lipinski definition) is 5. The fourth-order valence-electron chi connectivity index (χ4n) is 5.09. The van der Waals surface area contributed by atoms with Gasteiger partial charge in [-0.1, -0.05) is 23.8 Å². The Hall–Kier alpha value is -1.93. The maximum Gasteiger partial charge on any atom is 0.234 e. The van der Waals surface area contributed by atoms with E-state index >= 15 is 0 Å². The van der Waals surface area contributed by atoms with Gasteiger partial charge in [0, 0.05) is 30.3 Å². The van der Waals surface area contributed by atoms with Gasteiger partial charge < -0.3 is 19.7 Å². The maximum atomic E-state index is 13.3. The van der Waals surface area contributed by atoms with Gasteiger partial charge in [0.2, 0.25) is 11.8 Å². The largest absolute Gasteiger partial charge is 0.379 e. The summed E-state index contributed by atoms with van der Waals surface area (Å²) in [6, 6.07) is 7.19. The Morgan fingerprint density at radius 1 is 1.23 bits per heavy atom.